The Morgan fingerprint density at radius 2 is 1.80 bits per heavy atom. The van der Waals surface area contributed by atoms with Crippen molar-refractivity contribution in [1.82, 2.24) is 10.2 Å². The van der Waals surface area contributed by atoms with Gasteiger partial charge in [0.2, 0.25) is 0 Å². The van der Waals surface area contributed by atoms with Crippen LogP contribution in [-0.2, 0) is 0 Å². The Balaban J connectivity index is 2.05. The van der Waals surface area contributed by atoms with Gasteiger partial charge < -0.3 is 14.8 Å². The Kier molecular flexibility index (Phi) is 6.19. The van der Waals surface area contributed by atoms with Crippen LogP contribution in [0.2, 0.25) is 5.02 Å². The molecule has 0 aliphatic carbocycles. The maximum atomic E-state index is 6.11. The Morgan fingerprint density at radius 1 is 1.00 bits per heavy atom. The third-order valence-corrected chi connectivity index (χ3v) is 4.91. The molecule has 0 saturated carbocycles. The molecule has 2 aromatic carbocycles. The van der Waals surface area contributed by atoms with Crippen molar-refractivity contribution in [1.29, 1.82) is 0 Å². The second-order valence-electron chi connectivity index (χ2n) is 6.20. The molecule has 1 atom stereocenters. The lowest BCUT2D eigenvalue weighted by Gasteiger charge is -2.32. The van der Waals surface area contributed by atoms with Crippen molar-refractivity contribution in [2.24, 2.45) is 0 Å². The summed E-state index contributed by atoms with van der Waals surface area (Å²) >= 11 is 6.11. The lowest BCUT2D eigenvalue weighted by atomic mass is 9.95. The number of halogens is 1. The molecule has 1 saturated heterocycles. The lowest BCUT2D eigenvalue weighted by Crippen LogP contribution is -2.33. The van der Waals surface area contributed by atoms with Gasteiger partial charge in [-0.1, -0.05) is 23.7 Å². The molecular weight excluding hydrogens is 336 g/mol. The second kappa shape index (κ2) is 8.56. The highest BCUT2D eigenvalue weighted by Gasteiger charge is 2.26. The molecule has 1 unspecified atom stereocenters. The standard InChI is InChI=1S/C20H25ClN2O2/c1-24-17-8-9-18(19(14-17)25-2)20(15-4-6-16(21)7-5-15)23-12-3-10-22-11-13-23/h4-9,14,20,22H,3,10-13H2,1-2H3. The van der Waals surface area contributed by atoms with Gasteiger partial charge in [0, 0.05) is 36.3 Å². The van der Waals surface area contributed by atoms with Crippen molar-refractivity contribution in [2.75, 3.05) is 40.4 Å². The third-order valence-electron chi connectivity index (χ3n) is 4.66. The summed E-state index contributed by atoms with van der Waals surface area (Å²) in [5, 5.41) is 4.23. The van der Waals surface area contributed by atoms with Crippen molar-refractivity contribution in [3.8, 4) is 11.5 Å². The number of rotatable bonds is 5. The van der Waals surface area contributed by atoms with E-state index in [1.54, 1.807) is 14.2 Å². The highest BCUT2D eigenvalue weighted by molar-refractivity contribution is 6.30. The summed E-state index contributed by atoms with van der Waals surface area (Å²) < 4.78 is 11.0. The quantitative estimate of drug-likeness (QED) is 0.880. The number of nitrogens with zero attached hydrogens (tertiary/aromatic N) is 1. The Hall–Kier alpha value is -1.75. The molecule has 25 heavy (non-hydrogen) atoms. The highest BCUT2D eigenvalue weighted by atomic mass is 35.5. The van der Waals surface area contributed by atoms with Gasteiger partial charge in [-0.3, -0.25) is 4.90 Å². The molecule has 1 aliphatic rings. The summed E-state index contributed by atoms with van der Waals surface area (Å²) in [4.78, 5) is 2.51. The first-order valence-corrected chi connectivity index (χ1v) is 9.03. The van der Waals surface area contributed by atoms with E-state index in [1.165, 1.54) is 5.56 Å². The number of methoxy groups -OCH3 is 2. The van der Waals surface area contributed by atoms with E-state index in [-0.39, 0.29) is 6.04 Å². The number of hydrogen-bond donors (Lipinski definition) is 1. The fraction of sp³-hybridized carbons (Fsp3) is 0.400. The smallest absolute Gasteiger partial charge is 0.127 e. The first-order valence-electron chi connectivity index (χ1n) is 8.65. The molecule has 3 rings (SSSR count). The van der Waals surface area contributed by atoms with E-state index in [0.717, 1.165) is 54.7 Å². The van der Waals surface area contributed by atoms with E-state index in [4.69, 9.17) is 21.1 Å². The summed E-state index contributed by atoms with van der Waals surface area (Å²) in [6, 6.07) is 14.3. The molecule has 1 N–H and O–H groups in total. The Labute approximate surface area is 154 Å². The van der Waals surface area contributed by atoms with Crippen LogP contribution in [-0.4, -0.2) is 45.3 Å². The highest BCUT2D eigenvalue weighted by Crippen LogP contribution is 2.37. The summed E-state index contributed by atoms with van der Waals surface area (Å²) in [5.74, 6) is 1.64. The van der Waals surface area contributed by atoms with E-state index in [2.05, 4.69) is 28.4 Å². The first-order chi connectivity index (χ1) is 12.2. The van der Waals surface area contributed by atoms with Gasteiger partial charge in [0.25, 0.3) is 0 Å². The lowest BCUT2D eigenvalue weighted by molar-refractivity contribution is 0.236. The largest absolute Gasteiger partial charge is 0.497 e. The fourth-order valence-electron chi connectivity index (χ4n) is 3.40. The van der Waals surface area contributed by atoms with E-state index in [1.807, 2.05) is 24.3 Å². The molecule has 0 bridgehead atoms. The summed E-state index contributed by atoms with van der Waals surface area (Å²) in [5.41, 5.74) is 2.36. The second-order valence-corrected chi connectivity index (χ2v) is 6.64. The molecule has 1 heterocycles. The molecule has 1 aliphatic heterocycles. The predicted octanol–water partition coefficient (Wildman–Crippen LogP) is 3.74. The van der Waals surface area contributed by atoms with Gasteiger partial charge in [0.05, 0.1) is 20.3 Å². The molecule has 0 aromatic heterocycles. The minimum absolute atomic E-state index is 0.123. The minimum atomic E-state index is 0.123. The van der Waals surface area contributed by atoms with Crippen LogP contribution in [0.3, 0.4) is 0 Å². The van der Waals surface area contributed by atoms with Gasteiger partial charge in [-0.05, 0) is 42.8 Å². The molecule has 5 heteroatoms. The van der Waals surface area contributed by atoms with Crippen molar-refractivity contribution >= 4 is 11.6 Å². The van der Waals surface area contributed by atoms with Crippen LogP contribution in [0.15, 0.2) is 42.5 Å². The molecule has 1 fully saturated rings. The topological polar surface area (TPSA) is 33.7 Å². The van der Waals surface area contributed by atoms with E-state index >= 15 is 0 Å². The van der Waals surface area contributed by atoms with E-state index in [9.17, 15) is 0 Å². The zero-order valence-corrected chi connectivity index (χ0v) is 15.6. The molecule has 0 spiro atoms. The van der Waals surface area contributed by atoms with Crippen molar-refractivity contribution in [2.45, 2.75) is 12.5 Å². The minimum Gasteiger partial charge on any atom is -0.497 e. The van der Waals surface area contributed by atoms with Gasteiger partial charge in [0.1, 0.15) is 11.5 Å². The van der Waals surface area contributed by atoms with Crippen molar-refractivity contribution in [3.63, 3.8) is 0 Å². The monoisotopic (exact) mass is 360 g/mol. The SMILES string of the molecule is COc1ccc(C(c2ccc(Cl)cc2)N2CCCNCC2)c(OC)c1. The van der Waals surface area contributed by atoms with Crippen LogP contribution in [0.1, 0.15) is 23.6 Å². The van der Waals surface area contributed by atoms with Crippen LogP contribution in [0.4, 0.5) is 0 Å². The number of benzene rings is 2. The van der Waals surface area contributed by atoms with Gasteiger partial charge in [0.15, 0.2) is 0 Å². The Bertz CT molecular complexity index is 683. The van der Waals surface area contributed by atoms with Crippen LogP contribution in [0, 0.1) is 0 Å². The van der Waals surface area contributed by atoms with Crippen LogP contribution >= 0.6 is 11.6 Å². The van der Waals surface area contributed by atoms with Crippen LogP contribution in [0.25, 0.3) is 0 Å². The molecule has 0 amide bonds. The maximum absolute atomic E-state index is 6.11. The molecule has 2 aromatic rings. The summed E-state index contributed by atoms with van der Waals surface area (Å²) in [7, 11) is 3.38. The van der Waals surface area contributed by atoms with Gasteiger partial charge in [-0.25, -0.2) is 0 Å². The molecular formula is C20H25ClN2O2. The zero-order valence-electron chi connectivity index (χ0n) is 14.8. The number of hydrogen-bond acceptors (Lipinski definition) is 4. The zero-order chi connectivity index (χ0) is 17.6. The molecule has 134 valence electrons. The van der Waals surface area contributed by atoms with E-state index < -0.39 is 0 Å². The van der Waals surface area contributed by atoms with Gasteiger partial charge in [-0.2, -0.15) is 0 Å². The maximum Gasteiger partial charge on any atom is 0.127 e. The summed E-state index contributed by atoms with van der Waals surface area (Å²) in [6.07, 6.45) is 1.13. The third kappa shape index (κ3) is 4.27. The number of nitrogens with one attached hydrogen (secondary N) is 1. The first kappa shape index (κ1) is 18.1. The van der Waals surface area contributed by atoms with Crippen LogP contribution < -0.4 is 14.8 Å². The van der Waals surface area contributed by atoms with Gasteiger partial charge in [-0.15, -0.1) is 0 Å². The average Bonchev–Trinajstić information content (AvgIpc) is 2.93. The Morgan fingerprint density at radius 3 is 2.52 bits per heavy atom. The van der Waals surface area contributed by atoms with Crippen molar-refractivity contribution < 1.29 is 9.47 Å². The average molecular weight is 361 g/mol. The molecule has 4 nitrogen and oxygen atoms in total. The van der Waals surface area contributed by atoms with Crippen molar-refractivity contribution in [3.05, 3.63) is 58.6 Å². The van der Waals surface area contributed by atoms with Gasteiger partial charge >= 0.3 is 0 Å². The fourth-order valence-corrected chi connectivity index (χ4v) is 3.53. The predicted molar refractivity (Wildman–Crippen MR) is 102 cm³/mol. The molecule has 0 radical (unpaired) electrons. The normalized spacial score (nSPS) is 16.9. The number of ether oxygens (including phenoxy) is 2. The summed E-state index contributed by atoms with van der Waals surface area (Å²) in [6.45, 7) is 4.07. The van der Waals surface area contributed by atoms with Crippen LogP contribution in [0.5, 0.6) is 11.5 Å². The van der Waals surface area contributed by atoms with E-state index in [0.29, 0.717) is 0 Å².